The molecule has 2 aromatic carbocycles. The number of benzene rings is 2. The van der Waals surface area contributed by atoms with E-state index < -0.39 is 11.7 Å². The molecule has 0 bridgehead atoms. The minimum Gasteiger partial charge on any atom is -0.467 e. The zero-order valence-electron chi connectivity index (χ0n) is 17.8. The van der Waals surface area contributed by atoms with Crippen LogP contribution in [0.4, 0.5) is 0 Å². The van der Waals surface area contributed by atoms with E-state index in [9.17, 15) is 4.79 Å². The van der Waals surface area contributed by atoms with Crippen molar-refractivity contribution < 1.29 is 14.3 Å². The van der Waals surface area contributed by atoms with E-state index in [1.54, 1.807) is 0 Å². The lowest BCUT2D eigenvalue weighted by Gasteiger charge is -2.29. The van der Waals surface area contributed by atoms with Crippen LogP contribution in [0, 0.1) is 13.8 Å². The molecule has 28 heavy (non-hydrogen) atoms. The number of fused-ring (bicyclic) bond motifs is 1. The van der Waals surface area contributed by atoms with Gasteiger partial charge in [0.1, 0.15) is 0 Å². The van der Waals surface area contributed by atoms with Gasteiger partial charge < -0.3 is 9.47 Å². The van der Waals surface area contributed by atoms with Gasteiger partial charge in [0.15, 0.2) is 6.10 Å². The zero-order valence-corrected chi connectivity index (χ0v) is 18.8. The number of carbonyl (C=O) groups is 1. The second kappa shape index (κ2) is 8.35. The van der Waals surface area contributed by atoms with E-state index in [4.69, 9.17) is 9.47 Å². The lowest BCUT2D eigenvalue weighted by Crippen LogP contribution is -2.29. The van der Waals surface area contributed by atoms with Crippen molar-refractivity contribution in [3.63, 3.8) is 0 Å². The summed E-state index contributed by atoms with van der Waals surface area (Å²) in [5, 5.41) is 1.50. The summed E-state index contributed by atoms with van der Waals surface area (Å²) >= 11 is 0. The lowest BCUT2D eigenvalue weighted by atomic mass is 9.87. The number of hydrogen-bond donors (Lipinski definition) is 0. The van der Waals surface area contributed by atoms with Crippen LogP contribution in [0.15, 0.2) is 30.3 Å². The van der Waals surface area contributed by atoms with Gasteiger partial charge in [-0.05, 0) is 86.7 Å². The minimum atomic E-state index is -0.751. The number of esters is 1. The number of rotatable bonds is 4. The fraction of sp³-hybridized carbons (Fsp3) is 0.458. The van der Waals surface area contributed by atoms with E-state index in [1.807, 2.05) is 33.8 Å². The second-order valence-electron chi connectivity index (χ2n) is 8.46. The molecule has 0 spiro atoms. The van der Waals surface area contributed by atoms with Crippen LogP contribution >= 0.6 is 8.58 Å². The summed E-state index contributed by atoms with van der Waals surface area (Å²) in [5.74, 6) is -0.359. The van der Waals surface area contributed by atoms with Crippen molar-refractivity contribution in [2.45, 2.75) is 59.2 Å². The molecule has 2 unspecified atom stereocenters. The highest BCUT2D eigenvalue weighted by atomic mass is 31.1. The molecule has 1 aliphatic rings. The Bertz CT molecular complexity index is 880. The van der Waals surface area contributed by atoms with Gasteiger partial charge in [-0.1, -0.05) is 38.9 Å². The number of carbonyl (C=O) groups excluding carboxylic acids is 1. The Morgan fingerprint density at radius 2 is 1.86 bits per heavy atom. The highest BCUT2D eigenvalue weighted by Crippen LogP contribution is 2.38. The fourth-order valence-corrected chi connectivity index (χ4v) is 5.32. The van der Waals surface area contributed by atoms with Gasteiger partial charge in [-0.3, -0.25) is 0 Å². The average molecular weight is 398 g/mol. The largest absolute Gasteiger partial charge is 0.467 e. The highest BCUT2D eigenvalue weighted by molar-refractivity contribution is 7.47. The van der Waals surface area contributed by atoms with Gasteiger partial charge in [0.25, 0.3) is 0 Å². The number of methoxy groups -OCH3 is 1. The van der Waals surface area contributed by atoms with Gasteiger partial charge in [-0.25, -0.2) is 4.79 Å². The van der Waals surface area contributed by atoms with Gasteiger partial charge in [0, 0.05) is 5.56 Å². The molecule has 2 aromatic rings. The molecule has 3 nitrogen and oxygen atoms in total. The van der Waals surface area contributed by atoms with E-state index >= 15 is 0 Å². The molecule has 4 heteroatoms. The third kappa shape index (κ3) is 4.31. The monoisotopic (exact) mass is 398 g/mol. The molecule has 2 atom stereocenters. The maximum Gasteiger partial charge on any atom is 0.339 e. The van der Waals surface area contributed by atoms with Crippen LogP contribution in [0.3, 0.4) is 0 Å². The molecule has 150 valence electrons. The zero-order chi connectivity index (χ0) is 20.5. The third-order valence-corrected chi connectivity index (χ3v) is 6.73. The molecule has 0 radical (unpaired) electrons. The van der Waals surface area contributed by atoms with Gasteiger partial charge in [0.05, 0.1) is 12.7 Å². The SMILES string of the molecule is COC(=O)C(OC(C)(C)C)c1c(C)cccc1-c1ccc2c(c1C)CCCP2. The first-order valence-corrected chi connectivity index (χ1v) is 11.2. The normalized spacial score (nSPS) is 15.9. The van der Waals surface area contributed by atoms with Crippen molar-refractivity contribution in [1.82, 2.24) is 0 Å². The first-order valence-electron chi connectivity index (χ1n) is 9.95. The van der Waals surface area contributed by atoms with Gasteiger partial charge in [0.2, 0.25) is 0 Å². The van der Waals surface area contributed by atoms with Gasteiger partial charge in [-0.2, -0.15) is 0 Å². The number of aryl methyl sites for hydroxylation is 1. The highest BCUT2D eigenvalue weighted by Gasteiger charge is 2.32. The summed E-state index contributed by atoms with van der Waals surface area (Å²) in [6.45, 7) is 10.1. The maximum absolute atomic E-state index is 12.7. The van der Waals surface area contributed by atoms with Crippen molar-refractivity contribution in [1.29, 1.82) is 0 Å². The minimum absolute atomic E-state index is 0.359. The Morgan fingerprint density at radius 3 is 2.54 bits per heavy atom. The standard InChI is InChI=1S/C24H31O3P/c1-15-9-7-10-19(21(15)22(23(25)26-6)27-24(3,4)5)17-12-13-20-18(16(17)2)11-8-14-28-20/h7,9-10,12-13,22,28H,8,11,14H2,1-6H3. The van der Waals surface area contributed by atoms with E-state index in [1.165, 1.54) is 41.7 Å². The average Bonchev–Trinajstić information content (AvgIpc) is 2.65. The van der Waals surface area contributed by atoms with E-state index in [-0.39, 0.29) is 5.97 Å². The summed E-state index contributed by atoms with van der Waals surface area (Å²) in [4.78, 5) is 12.7. The smallest absolute Gasteiger partial charge is 0.339 e. The third-order valence-electron chi connectivity index (χ3n) is 5.28. The van der Waals surface area contributed by atoms with Crippen molar-refractivity contribution in [3.05, 3.63) is 52.6 Å². The molecular weight excluding hydrogens is 367 g/mol. The van der Waals surface area contributed by atoms with Crippen LogP contribution in [0.1, 0.15) is 55.5 Å². The van der Waals surface area contributed by atoms with Crippen molar-refractivity contribution in [3.8, 4) is 11.1 Å². The number of ether oxygens (including phenoxy) is 2. The van der Waals surface area contributed by atoms with Crippen LogP contribution in [0.2, 0.25) is 0 Å². The Labute approximate surface area is 170 Å². The summed E-state index contributed by atoms with van der Waals surface area (Å²) in [7, 11) is 2.32. The van der Waals surface area contributed by atoms with Crippen molar-refractivity contribution in [2.75, 3.05) is 13.3 Å². The molecule has 0 fully saturated rings. The molecule has 0 N–H and O–H groups in total. The second-order valence-corrected chi connectivity index (χ2v) is 9.86. The van der Waals surface area contributed by atoms with Crippen LogP contribution in [-0.2, 0) is 20.7 Å². The molecule has 1 aliphatic heterocycles. The maximum atomic E-state index is 12.7. The van der Waals surface area contributed by atoms with E-state index in [2.05, 4.69) is 31.2 Å². The first-order chi connectivity index (χ1) is 13.2. The van der Waals surface area contributed by atoms with E-state index in [0.29, 0.717) is 0 Å². The molecule has 0 amide bonds. The quantitative estimate of drug-likeness (QED) is 0.521. The lowest BCUT2D eigenvalue weighted by molar-refractivity contribution is -0.164. The Morgan fingerprint density at radius 1 is 1.11 bits per heavy atom. The topological polar surface area (TPSA) is 35.5 Å². The molecule has 1 heterocycles. The van der Waals surface area contributed by atoms with Gasteiger partial charge >= 0.3 is 5.97 Å². The summed E-state index contributed by atoms with van der Waals surface area (Å²) < 4.78 is 11.3. The molecule has 0 saturated carbocycles. The van der Waals surface area contributed by atoms with Crippen LogP contribution < -0.4 is 5.30 Å². The predicted octanol–water partition coefficient (Wildman–Crippen LogP) is 5.25. The molecule has 0 aromatic heterocycles. The summed E-state index contributed by atoms with van der Waals surface area (Å²) in [6.07, 6.45) is 2.94. The molecule has 0 saturated heterocycles. The summed E-state index contributed by atoms with van der Waals surface area (Å²) in [5.41, 5.74) is 6.55. The van der Waals surface area contributed by atoms with Crippen molar-refractivity contribution >= 4 is 19.9 Å². The van der Waals surface area contributed by atoms with Crippen LogP contribution in [-0.4, -0.2) is 24.8 Å². The Balaban J connectivity index is 2.19. The summed E-state index contributed by atoms with van der Waals surface area (Å²) in [6, 6.07) is 10.7. The van der Waals surface area contributed by atoms with Crippen LogP contribution in [0.25, 0.3) is 11.1 Å². The van der Waals surface area contributed by atoms with E-state index in [0.717, 1.165) is 31.7 Å². The molecular formula is C24H31O3P. The van der Waals surface area contributed by atoms with Gasteiger partial charge in [-0.15, -0.1) is 0 Å². The predicted molar refractivity (Wildman–Crippen MR) is 118 cm³/mol. The van der Waals surface area contributed by atoms with Crippen LogP contribution in [0.5, 0.6) is 0 Å². The first kappa shape index (κ1) is 21.0. The van der Waals surface area contributed by atoms with Crippen molar-refractivity contribution in [2.24, 2.45) is 0 Å². The Kier molecular flexibility index (Phi) is 6.27. The number of hydrogen-bond acceptors (Lipinski definition) is 3. The Hall–Kier alpha value is -1.70. The molecule has 0 aliphatic carbocycles. The molecule has 3 rings (SSSR count). The fourth-order valence-electron chi connectivity index (χ4n) is 3.97.